The fourth-order valence-corrected chi connectivity index (χ4v) is 2.41. The SMILES string of the molecule is Cc1ccc(CCC(=O)NCc2cc(C)n(C)c2C)cc1. The molecule has 0 aliphatic heterocycles. The molecule has 0 atom stereocenters. The Morgan fingerprint density at radius 1 is 1.14 bits per heavy atom. The molecule has 0 bridgehead atoms. The lowest BCUT2D eigenvalue weighted by atomic mass is 10.1. The Balaban J connectivity index is 1.82. The van der Waals surface area contributed by atoms with Gasteiger partial charge in [-0.05, 0) is 44.4 Å². The van der Waals surface area contributed by atoms with Crippen LogP contribution >= 0.6 is 0 Å². The molecule has 0 fully saturated rings. The third kappa shape index (κ3) is 3.97. The molecule has 0 saturated heterocycles. The van der Waals surface area contributed by atoms with Crippen molar-refractivity contribution in [2.75, 3.05) is 0 Å². The van der Waals surface area contributed by atoms with Gasteiger partial charge in [0.25, 0.3) is 0 Å². The van der Waals surface area contributed by atoms with Crippen molar-refractivity contribution in [1.29, 1.82) is 0 Å². The minimum atomic E-state index is 0.108. The summed E-state index contributed by atoms with van der Waals surface area (Å²) in [6, 6.07) is 10.5. The fraction of sp³-hybridized carbons (Fsp3) is 0.389. The molecule has 0 aliphatic rings. The number of hydrogen-bond acceptors (Lipinski definition) is 1. The zero-order chi connectivity index (χ0) is 15.4. The quantitative estimate of drug-likeness (QED) is 0.899. The zero-order valence-corrected chi connectivity index (χ0v) is 13.4. The first-order valence-electron chi connectivity index (χ1n) is 7.41. The maximum absolute atomic E-state index is 11.9. The lowest BCUT2D eigenvalue weighted by Gasteiger charge is -2.06. The molecule has 2 aromatic rings. The van der Waals surface area contributed by atoms with Crippen LogP contribution < -0.4 is 5.32 Å². The van der Waals surface area contributed by atoms with Gasteiger partial charge in [-0.15, -0.1) is 0 Å². The highest BCUT2D eigenvalue weighted by molar-refractivity contribution is 5.76. The van der Waals surface area contributed by atoms with Crippen LogP contribution in [0.1, 0.15) is 34.5 Å². The van der Waals surface area contributed by atoms with Crippen LogP contribution in [0.5, 0.6) is 0 Å². The number of nitrogens with zero attached hydrogens (tertiary/aromatic N) is 1. The molecule has 1 aromatic heterocycles. The number of carbonyl (C=O) groups is 1. The number of nitrogens with one attached hydrogen (secondary N) is 1. The number of carbonyl (C=O) groups excluding carboxylic acids is 1. The maximum atomic E-state index is 11.9. The van der Waals surface area contributed by atoms with Gasteiger partial charge in [-0.25, -0.2) is 0 Å². The molecule has 0 saturated carbocycles. The van der Waals surface area contributed by atoms with E-state index in [4.69, 9.17) is 0 Å². The van der Waals surface area contributed by atoms with E-state index in [2.05, 4.69) is 61.0 Å². The van der Waals surface area contributed by atoms with E-state index in [-0.39, 0.29) is 5.91 Å². The lowest BCUT2D eigenvalue weighted by Crippen LogP contribution is -2.23. The van der Waals surface area contributed by atoms with E-state index < -0.39 is 0 Å². The van der Waals surface area contributed by atoms with E-state index in [1.807, 2.05) is 7.05 Å². The first kappa shape index (κ1) is 15.4. The van der Waals surface area contributed by atoms with E-state index in [0.29, 0.717) is 13.0 Å². The summed E-state index contributed by atoms with van der Waals surface area (Å²) in [5, 5.41) is 3.01. The summed E-state index contributed by atoms with van der Waals surface area (Å²) in [6.45, 7) is 6.84. The monoisotopic (exact) mass is 284 g/mol. The summed E-state index contributed by atoms with van der Waals surface area (Å²) < 4.78 is 2.15. The maximum Gasteiger partial charge on any atom is 0.220 e. The Kier molecular flexibility index (Phi) is 4.84. The van der Waals surface area contributed by atoms with Crippen molar-refractivity contribution in [3.8, 4) is 0 Å². The Morgan fingerprint density at radius 2 is 1.81 bits per heavy atom. The summed E-state index contributed by atoms with van der Waals surface area (Å²) >= 11 is 0. The van der Waals surface area contributed by atoms with Crippen molar-refractivity contribution < 1.29 is 4.79 Å². The van der Waals surface area contributed by atoms with Crippen molar-refractivity contribution in [2.45, 2.75) is 40.2 Å². The highest BCUT2D eigenvalue weighted by atomic mass is 16.1. The van der Waals surface area contributed by atoms with Gasteiger partial charge in [-0.2, -0.15) is 0 Å². The highest BCUT2D eigenvalue weighted by Gasteiger charge is 2.08. The third-order valence-corrected chi connectivity index (χ3v) is 4.12. The molecule has 0 radical (unpaired) electrons. The minimum Gasteiger partial charge on any atom is -0.352 e. The van der Waals surface area contributed by atoms with Crippen LogP contribution in [0.25, 0.3) is 0 Å². The van der Waals surface area contributed by atoms with Crippen molar-refractivity contribution in [3.63, 3.8) is 0 Å². The van der Waals surface area contributed by atoms with Gasteiger partial charge >= 0.3 is 0 Å². The molecule has 0 spiro atoms. The zero-order valence-electron chi connectivity index (χ0n) is 13.4. The average molecular weight is 284 g/mol. The molecule has 1 amide bonds. The van der Waals surface area contributed by atoms with E-state index >= 15 is 0 Å². The van der Waals surface area contributed by atoms with E-state index in [0.717, 1.165) is 6.42 Å². The normalized spacial score (nSPS) is 10.7. The van der Waals surface area contributed by atoms with Crippen LogP contribution in [-0.4, -0.2) is 10.5 Å². The van der Waals surface area contributed by atoms with Gasteiger partial charge in [-0.1, -0.05) is 29.8 Å². The number of aromatic nitrogens is 1. The topological polar surface area (TPSA) is 34.0 Å². The van der Waals surface area contributed by atoms with E-state index in [1.54, 1.807) is 0 Å². The third-order valence-electron chi connectivity index (χ3n) is 4.12. The van der Waals surface area contributed by atoms with Gasteiger partial charge in [0.1, 0.15) is 0 Å². The van der Waals surface area contributed by atoms with Crippen LogP contribution in [0.4, 0.5) is 0 Å². The highest BCUT2D eigenvalue weighted by Crippen LogP contribution is 2.13. The van der Waals surface area contributed by atoms with Gasteiger partial charge in [0, 0.05) is 31.4 Å². The first-order valence-corrected chi connectivity index (χ1v) is 7.41. The van der Waals surface area contributed by atoms with Gasteiger partial charge < -0.3 is 9.88 Å². The number of amides is 1. The molecular formula is C18H24N2O. The number of aryl methyl sites for hydroxylation is 3. The second-order valence-electron chi connectivity index (χ2n) is 5.72. The van der Waals surface area contributed by atoms with Gasteiger partial charge in [0.2, 0.25) is 5.91 Å². The molecule has 0 unspecified atom stereocenters. The second-order valence-corrected chi connectivity index (χ2v) is 5.72. The average Bonchev–Trinajstić information content (AvgIpc) is 2.72. The molecule has 21 heavy (non-hydrogen) atoms. The summed E-state index contributed by atoms with van der Waals surface area (Å²) in [5.41, 5.74) is 6.09. The fourth-order valence-electron chi connectivity index (χ4n) is 2.41. The van der Waals surface area contributed by atoms with Crippen molar-refractivity contribution in [3.05, 3.63) is 58.4 Å². The van der Waals surface area contributed by atoms with Gasteiger partial charge in [0.05, 0.1) is 0 Å². The van der Waals surface area contributed by atoms with Gasteiger partial charge in [-0.3, -0.25) is 4.79 Å². The Morgan fingerprint density at radius 3 is 2.38 bits per heavy atom. The number of benzene rings is 1. The van der Waals surface area contributed by atoms with Crippen LogP contribution in [0.15, 0.2) is 30.3 Å². The molecular weight excluding hydrogens is 260 g/mol. The van der Waals surface area contributed by atoms with Crippen molar-refractivity contribution in [1.82, 2.24) is 9.88 Å². The van der Waals surface area contributed by atoms with Crippen molar-refractivity contribution >= 4 is 5.91 Å². The Hall–Kier alpha value is -2.03. The van der Waals surface area contributed by atoms with E-state index in [1.165, 1.54) is 28.1 Å². The molecule has 0 aliphatic carbocycles. The summed E-state index contributed by atoms with van der Waals surface area (Å²) in [7, 11) is 2.05. The Labute approximate surface area is 127 Å². The van der Waals surface area contributed by atoms with E-state index in [9.17, 15) is 4.79 Å². The van der Waals surface area contributed by atoms with Crippen LogP contribution in [0.3, 0.4) is 0 Å². The predicted octanol–water partition coefficient (Wildman–Crippen LogP) is 3.20. The van der Waals surface area contributed by atoms with Gasteiger partial charge in [0.15, 0.2) is 0 Å². The number of rotatable bonds is 5. The predicted molar refractivity (Wildman–Crippen MR) is 86.2 cm³/mol. The molecule has 2 rings (SSSR count). The largest absolute Gasteiger partial charge is 0.352 e. The summed E-state index contributed by atoms with van der Waals surface area (Å²) in [4.78, 5) is 11.9. The minimum absolute atomic E-state index is 0.108. The smallest absolute Gasteiger partial charge is 0.220 e. The van der Waals surface area contributed by atoms with Crippen molar-refractivity contribution in [2.24, 2.45) is 7.05 Å². The molecule has 112 valence electrons. The standard InChI is InChI=1S/C18H24N2O/c1-13-5-7-16(8-6-13)9-10-18(21)19-12-17-11-14(2)20(4)15(17)3/h5-8,11H,9-10,12H2,1-4H3,(H,19,21). The number of hydrogen-bond donors (Lipinski definition) is 1. The molecule has 1 heterocycles. The summed E-state index contributed by atoms with van der Waals surface area (Å²) in [6.07, 6.45) is 1.33. The second kappa shape index (κ2) is 6.61. The molecule has 1 N–H and O–H groups in total. The molecule has 3 heteroatoms. The van der Waals surface area contributed by atoms with Crippen LogP contribution in [0, 0.1) is 20.8 Å². The van der Waals surface area contributed by atoms with Crippen LogP contribution in [0.2, 0.25) is 0 Å². The summed E-state index contributed by atoms with van der Waals surface area (Å²) in [5.74, 6) is 0.108. The Bertz CT molecular complexity index is 623. The molecule has 3 nitrogen and oxygen atoms in total. The van der Waals surface area contributed by atoms with Crippen LogP contribution in [-0.2, 0) is 24.8 Å². The first-order chi connectivity index (χ1) is 9.97. The molecule has 1 aromatic carbocycles. The lowest BCUT2D eigenvalue weighted by molar-refractivity contribution is -0.121.